The first-order valence-electron chi connectivity index (χ1n) is 12.0. The van der Waals surface area contributed by atoms with E-state index in [0.29, 0.717) is 17.0 Å². The average Bonchev–Trinajstić information content (AvgIpc) is 2.76. The van der Waals surface area contributed by atoms with Crippen LogP contribution in [0.3, 0.4) is 0 Å². The van der Waals surface area contributed by atoms with E-state index in [2.05, 4.69) is 36.2 Å². The zero-order chi connectivity index (χ0) is 22.9. The Labute approximate surface area is 191 Å². The third kappa shape index (κ3) is 20.4. The first-order valence-corrected chi connectivity index (χ1v) is 13.0. The molecule has 6 heteroatoms. The van der Waals surface area contributed by atoms with E-state index in [1.807, 2.05) is 20.9 Å². The minimum Gasteiger partial charge on any atom is -0.446 e. The van der Waals surface area contributed by atoms with Crippen molar-refractivity contribution in [2.75, 3.05) is 32.6 Å². The lowest BCUT2D eigenvalue weighted by Gasteiger charge is -2.10. The van der Waals surface area contributed by atoms with Crippen molar-refractivity contribution in [3.8, 4) is 0 Å². The number of thioether (sulfide) groups is 1. The Morgan fingerprint density at radius 2 is 1.47 bits per heavy atom. The van der Waals surface area contributed by atoms with E-state index in [0.717, 1.165) is 18.7 Å². The monoisotopic (exact) mass is 443 g/mol. The third-order valence-corrected chi connectivity index (χ3v) is 5.51. The quantitative estimate of drug-likeness (QED) is 0.0806. The van der Waals surface area contributed by atoms with E-state index >= 15 is 0 Å². The van der Waals surface area contributed by atoms with Crippen LogP contribution in [0.1, 0.15) is 98.3 Å². The average molecular weight is 444 g/mol. The molecule has 0 saturated carbocycles. The second-order valence-electron chi connectivity index (χ2n) is 7.24. The lowest BCUT2D eigenvalue weighted by Crippen LogP contribution is -2.22. The number of nitrogens with zero attached hydrogens (tertiary/aromatic N) is 1. The second kappa shape index (κ2) is 26.2. The molecule has 0 heterocycles. The van der Waals surface area contributed by atoms with Gasteiger partial charge in [0.2, 0.25) is 0 Å². The summed E-state index contributed by atoms with van der Waals surface area (Å²) in [7, 11) is 2.01. The highest BCUT2D eigenvalue weighted by Gasteiger charge is 2.14. The lowest BCUT2D eigenvalue weighted by molar-refractivity contribution is -0.139. The van der Waals surface area contributed by atoms with Crippen LogP contribution >= 0.6 is 11.8 Å². The molecule has 0 atom stereocenters. The van der Waals surface area contributed by atoms with Gasteiger partial charge in [-0.05, 0) is 51.9 Å². The molecule has 0 bridgehead atoms. The topological polar surface area (TPSA) is 62.7 Å². The molecule has 0 radical (unpaired) electrons. The van der Waals surface area contributed by atoms with Crippen molar-refractivity contribution in [1.29, 1.82) is 0 Å². The summed E-state index contributed by atoms with van der Waals surface area (Å²) in [4.78, 5) is 16.0. The Kier molecular flexibility index (Phi) is 27.4. The highest BCUT2D eigenvalue weighted by atomic mass is 32.2. The molecule has 0 amide bonds. The summed E-state index contributed by atoms with van der Waals surface area (Å²) in [5, 5.41) is 6.97. The number of esters is 1. The number of rotatable bonds is 19. The van der Waals surface area contributed by atoms with E-state index in [9.17, 15) is 4.79 Å². The number of aliphatic imine (C=N–C) groups is 1. The van der Waals surface area contributed by atoms with Crippen LogP contribution in [0.4, 0.5) is 0 Å². The number of nitrogens with one attached hydrogen (secondary N) is 2. The van der Waals surface area contributed by atoms with Crippen LogP contribution in [0.25, 0.3) is 0 Å². The van der Waals surface area contributed by atoms with Gasteiger partial charge in [-0.1, -0.05) is 79.1 Å². The maximum absolute atomic E-state index is 12.0. The summed E-state index contributed by atoms with van der Waals surface area (Å²) in [5.74, 6) is 0.572. The van der Waals surface area contributed by atoms with Crippen molar-refractivity contribution in [3.05, 3.63) is 10.6 Å². The summed E-state index contributed by atoms with van der Waals surface area (Å²) in [6.07, 6.45) is 13.6. The highest BCUT2D eigenvalue weighted by Crippen LogP contribution is 2.23. The highest BCUT2D eigenvalue weighted by molar-refractivity contribution is 8.03. The van der Waals surface area contributed by atoms with Gasteiger partial charge < -0.3 is 10.1 Å². The summed E-state index contributed by atoms with van der Waals surface area (Å²) in [6.45, 7) is 14.3. The maximum Gasteiger partial charge on any atom is 0.338 e. The molecule has 0 aromatic heterocycles. The predicted octanol–water partition coefficient (Wildman–Crippen LogP) is 6.30. The van der Waals surface area contributed by atoms with Gasteiger partial charge in [-0.15, -0.1) is 11.8 Å². The van der Waals surface area contributed by atoms with Crippen molar-refractivity contribution < 1.29 is 9.53 Å². The largest absolute Gasteiger partial charge is 0.446 e. The molecule has 5 nitrogen and oxygen atoms in total. The maximum atomic E-state index is 12.0. The number of hydrogen-bond acceptors (Lipinski definition) is 6. The summed E-state index contributed by atoms with van der Waals surface area (Å²) in [6, 6.07) is 0. The molecule has 0 aliphatic heterocycles. The van der Waals surface area contributed by atoms with E-state index in [4.69, 9.17) is 4.74 Å². The first-order chi connectivity index (χ1) is 14.6. The smallest absolute Gasteiger partial charge is 0.338 e. The van der Waals surface area contributed by atoms with Gasteiger partial charge in [-0.25, -0.2) is 4.79 Å². The van der Waals surface area contributed by atoms with Crippen molar-refractivity contribution in [3.63, 3.8) is 0 Å². The molecular formula is C24H49N3O2S. The van der Waals surface area contributed by atoms with E-state index in [1.165, 1.54) is 76.1 Å². The van der Waals surface area contributed by atoms with Crippen molar-refractivity contribution in [1.82, 2.24) is 10.6 Å². The molecule has 0 spiro atoms. The molecule has 0 aliphatic rings. The van der Waals surface area contributed by atoms with Gasteiger partial charge in [0.15, 0.2) is 0 Å². The number of carbonyl (C=O) groups excluding carboxylic acids is 1. The third-order valence-electron chi connectivity index (χ3n) is 4.58. The summed E-state index contributed by atoms with van der Waals surface area (Å²) >= 11 is 1.52. The normalized spacial score (nSPS) is 11.4. The first kappa shape index (κ1) is 31.3. The van der Waals surface area contributed by atoms with E-state index in [1.54, 1.807) is 0 Å². The number of unbranched alkanes of at least 4 members (excludes halogenated alkanes) is 8. The van der Waals surface area contributed by atoms with Gasteiger partial charge in [-0.2, -0.15) is 0 Å². The molecular weight excluding hydrogens is 394 g/mol. The summed E-state index contributed by atoms with van der Waals surface area (Å²) in [5.41, 5.74) is 0.614. The minimum atomic E-state index is -0.290. The van der Waals surface area contributed by atoms with Crippen LogP contribution in [-0.2, 0) is 9.53 Å². The van der Waals surface area contributed by atoms with Crippen LogP contribution in [0.5, 0.6) is 0 Å². The van der Waals surface area contributed by atoms with Crippen LogP contribution in [0, 0.1) is 0 Å². The number of carbonyl (C=O) groups is 1. The summed E-state index contributed by atoms with van der Waals surface area (Å²) < 4.78 is 5.26. The fourth-order valence-electron chi connectivity index (χ4n) is 2.78. The molecule has 30 heavy (non-hydrogen) atoms. The van der Waals surface area contributed by atoms with Gasteiger partial charge in [0, 0.05) is 0 Å². The van der Waals surface area contributed by atoms with E-state index in [-0.39, 0.29) is 12.7 Å². The molecule has 0 saturated heterocycles. The molecule has 178 valence electrons. The lowest BCUT2D eigenvalue weighted by atomic mass is 10.1. The van der Waals surface area contributed by atoms with Crippen LogP contribution in [0.2, 0.25) is 0 Å². The molecule has 0 aromatic carbocycles. The van der Waals surface area contributed by atoms with Gasteiger partial charge in [-0.3, -0.25) is 10.3 Å². The predicted molar refractivity (Wildman–Crippen MR) is 135 cm³/mol. The second-order valence-corrected chi connectivity index (χ2v) is 8.49. The fourth-order valence-corrected chi connectivity index (χ4v) is 3.55. The molecule has 0 rings (SSSR count). The van der Waals surface area contributed by atoms with Crippen LogP contribution in [-0.4, -0.2) is 45.3 Å². The standard InChI is InChI=1S/C17H32N2O2S.C7H17N/c1-5-8-9-10-11-12-13-19-14-21-17(20)15(6-2)16(18-4)22-7-3;1-3-4-5-6-7-8-2/h19H,4-14H2,1-3H3;8H,3-7H2,1-2H3/b16-15+;. The fraction of sp³-hybridized carbons (Fsp3) is 0.833. The van der Waals surface area contributed by atoms with Crippen LogP contribution < -0.4 is 10.6 Å². The Balaban J connectivity index is 0. The molecule has 0 aliphatic carbocycles. The molecule has 0 fully saturated rings. The van der Waals surface area contributed by atoms with Gasteiger partial charge in [0.05, 0.1) is 5.57 Å². The van der Waals surface area contributed by atoms with Crippen molar-refractivity contribution >= 4 is 24.4 Å². The van der Waals surface area contributed by atoms with E-state index < -0.39 is 0 Å². The molecule has 0 aromatic rings. The molecule has 2 N–H and O–H groups in total. The zero-order valence-corrected chi connectivity index (χ0v) is 21.3. The van der Waals surface area contributed by atoms with Crippen LogP contribution in [0.15, 0.2) is 15.6 Å². The van der Waals surface area contributed by atoms with Crippen molar-refractivity contribution in [2.24, 2.45) is 4.99 Å². The molecule has 0 unspecified atom stereocenters. The Bertz CT molecular complexity index is 423. The Morgan fingerprint density at radius 1 is 0.900 bits per heavy atom. The van der Waals surface area contributed by atoms with Gasteiger partial charge in [0.1, 0.15) is 11.8 Å². The number of hydrogen-bond donors (Lipinski definition) is 2. The Hall–Kier alpha value is -0.850. The zero-order valence-electron chi connectivity index (χ0n) is 20.5. The number of ether oxygens (including phenoxy) is 1. The Morgan fingerprint density at radius 3 is 2.00 bits per heavy atom. The van der Waals surface area contributed by atoms with Crippen molar-refractivity contribution in [2.45, 2.75) is 98.3 Å². The van der Waals surface area contributed by atoms with Gasteiger partial charge >= 0.3 is 5.97 Å². The SMILES string of the molecule is C=N/C(SCC)=C(/CC)C(=O)OCNCCCCCCCC.CCCCCCNC. The minimum absolute atomic E-state index is 0.262. The van der Waals surface area contributed by atoms with Gasteiger partial charge in [0.25, 0.3) is 0 Å².